The van der Waals surface area contributed by atoms with Crippen molar-refractivity contribution in [2.45, 2.75) is 65.1 Å². The lowest BCUT2D eigenvalue weighted by molar-refractivity contribution is 0.0566. The van der Waals surface area contributed by atoms with Crippen LogP contribution < -0.4 is 5.43 Å². The number of nitrogens with zero attached hydrogens (tertiary/aromatic N) is 2. The Labute approximate surface area is 130 Å². The topological polar surface area (TPSA) is 18.5 Å². The first kappa shape index (κ1) is 14.5. The summed E-state index contributed by atoms with van der Waals surface area (Å²) in [6.45, 7) is 7.62. The zero-order valence-electron chi connectivity index (χ0n) is 12.6. The van der Waals surface area contributed by atoms with Crippen molar-refractivity contribution in [2.24, 2.45) is 0 Å². The van der Waals surface area contributed by atoms with Crippen LogP contribution in [0.15, 0.2) is 12.1 Å². The fraction of sp³-hybridized carbons (Fsp3) is 0.625. The summed E-state index contributed by atoms with van der Waals surface area (Å²) < 4.78 is 2.05. The quantitative estimate of drug-likeness (QED) is 0.828. The smallest absolute Gasteiger partial charge is 0.0476 e. The Hall–Kier alpha value is -0.420. The second kappa shape index (κ2) is 5.76. The number of rotatable bonds is 2. The molecule has 0 aromatic heterocycles. The van der Waals surface area contributed by atoms with E-state index in [9.17, 15) is 0 Å². The summed E-state index contributed by atoms with van der Waals surface area (Å²) >= 11 is 3.66. The Morgan fingerprint density at radius 3 is 2.50 bits per heavy atom. The fourth-order valence-electron chi connectivity index (χ4n) is 3.76. The molecule has 0 amide bonds. The number of benzene rings is 1. The van der Waals surface area contributed by atoms with Crippen molar-refractivity contribution < 1.29 is 0 Å². The Kier molecular flexibility index (Phi) is 4.18. The molecule has 1 saturated carbocycles. The first-order valence-electron chi connectivity index (χ1n) is 7.61. The predicted molar refractivity (Wildman–Crippen MR) is 86.1 cm³/mol. The molecule has 1 saturated heterocycles. The van der Waals surface area contributed by atoms with Crippen molar-refractivity contribution in [3.63, 3.8) is 0 Å². The van der Waals surface area contributed by atoms with E-state index in [2.05, 4.69) is 59.5 Å². The molecule has 0 spiro atoms. The van der Waals surface area contributed by atoms with Crippen molar-refractivity contribution >= 4 is 16.1 Å². The second-order valence-electron chi connectivity index (χ2n) is 6.32. The van der Waals surface area contributed by atoms with Crippen LogP contribution in [0.25, 0.3) is 0 Å². The lowest BCUT2D eigenvalue weighted by Gasteiger charge is -2.31. The number of halogens is 1. The highest BCUT2D eigenvalue weighted by Crippen LogP contribution is 2.32. The van der Waals surface area contributed by atoms with Crippen molar-refractivity contribution in [2.75, 3.05) is 0 Å². The van der Waals surface area contributed by atoms with Crippen LogP contribution in [0, 0.1) is 20.8 Å². The van der Waals surface area contributed by atoms with E-state index in [-0.39, 0.29) is 0 Å². The molecule has 1 aliphatic carbocycles. The highest BCUT2D eigenvalue weighted by Gasteiger charge is 2.40. The number of aryl methyl sites for hydroxylation is 3. The van der Waals surface area contributed by atoms with E-state index in [1.807, 2.05) is 4.14 Å². The molecule has 2 aliphatic rings. The standard InChI is InChI=1S/C16H24BrN3/c1-11-8-12(2)14(13(3)9-11)10-19-16-7-5-4-6-15(16)18-20(19)17/h8-9,15-16,18H,4-7,10H2,1-3H3/t15-,16-/m0/s1. The van der Waals surface area contributed by atoms with Crippen molar-refractivity contribution in [3.05, 3.63) is 34.4 Å². The molecule has 110 valence electrons. The van der Waals surface area contributed by atoms with Gasteiger partial charge in [0.2, 0.25) is 0 Å². The van der Waals surface area contributed by atoms with E-state index in [0.29, 0.717) is 12.1 Å². The molecule has 3 nitrogen and oxygen atoms in total. The number of hydrazine groups is 2. The first-order chi connectivity index (χ1) is 9.56. The number of fused-ring (bicyclic) bond motifs is 1. The molecule has 1 aliphatic heterocycles. The lowest BCUT2D eigenvalue weighted by atomic mass is 9.90. The summed E-state index contributed by atoms with van der Waals surface area (Å²) in [5.74, 6) is 0. The summed E-state index contributed by atoms with van der Waals surface area (Å²) in [5.41, 5.74) is 9.18. The molecule has 1 N–H and O–H groups in total. The highest BCUT2D eigenvalue weighted by atomic mass is 79.9. The molecule has 2 atom stereocenters. The molecule has 1 aromatic carbocycles. The summed E-state index contributed by atoms with van der Waals surface area (Å²) in [7, 11) is 0. The third kappa shape index (κ3) is 2.67. The van der Waals surface area contributed by atoms with Crippen molar-refractivity contribution in [1.29, 1.82) is 0 Å². The van der Waals surface area contributed by atoms with Crippen LogP contribution in [0.5, 0.6) is 0 Å². The summed E-state index contributed by atoms with van der Waals surface area (Å²) in [6, 6.07) is 5.82. The molecule has 0 bridgehead atoms. The van der Waals surface area contributed by atoms with Crippen LogP contribution in [0.3, 0.4) is 0 Å². The molecular formula is C16H24BrN3. The molecule has 1 aromatic rings. The van der Waals surface area contributed by atoms with Crippen molar-refractivity contribution in [3.8, 4) is 0 Å². The van der Waals surface area contributed by atoms with Gasteiger partial charge in [0.15, 0.2) is 0 Å². The van der Waals surface area contributed by atoms with Gasteiger partial charge in [-0.25, -0.2) is 10.4 Å². The van der Waals surface area contributed by atoms with Gasteiger partial charge in [-0.1, -0.05) is 30.5 Å². The maximum atomic E-state index is 3.66. The van der Waals surface area contributed by atoms with Gasteiger partial charge in [-0.05, 0) is 50.3 Å². The minimum Gasteiger partial charge on any atom is -0.226 e. The van der Waals surface area contributed by atoms with Crippen LogP contribution in [0.1, 0.15) is 47.9 Å². The monoisotopic (exact) mass is 337 g/mol. The summed E-state index contributed by atoms with van der Waals surface area (Å²) in [6.07, 6.45) is 5.29. The normalized spacial score (nSPS) is 27.8. The zero-order valence-corrected chi connectivity index (χ0v) is 14.2. The maximum absolute atomic E-state index is 3.66. The molecule has 2 fully saturated rings. The molecule has 4 heteroatoms. The second-order valence-corrected chi connectivity index (χ2v) is 6.99. The van der Waals surface area contributed by atoms with Gasteiger partial charge in [-0.3, -0.25) is 0 Å². The molecule has 20 heavy (non-hydrogen) atoms. The van der Waals surface area contributed by atoms with E-state index in [1.165, 1.54) is 47.9 Å². The minimum absolute atomic E-state index is 0.606. The van der Waals surface area contributed by atoms with Gasteiger partial charge in [0.25, 0.3) is 0 Å². The van der Waals surface area contributed by atoms with Crippen molar-refractivity contribution in [1.82, 2.24) is 14.6 Å². The van der Waals surface area contributed by atoms with Crippen LogP contribution in [0.4, 0.5) is 0 Å². The van der Waals surface area contributed by atoms with Gasteiger partial charge in [0.1, 0.15) is 0 Å². The Bertz CT molecular complexity index is 479. The fourth-order valence-corrected chi connectivity index (χ4v) is 4.37. The predicted octanol–water partition coefficient (Wildman–Crippen LogP) is 3.77. The highest BCUT2D eigenvalue weighted by molar-refractivity contribution is 9.07. The van der Waals surface area contributed by atoms with Gasteiger partial charge >= 0.3 is 0 Å². The largest absolute Gasteiger partial charge is 0.226 e. The summed E-state index contributed by atoms with van der Waals surface area (Å²) in [5, 5.41) is 2.45. The van der Waals surface area contributed by atoms with Gasteiger partial charge < -0.3 is 0 Å². The lowest BCUT2D eigenvalue weighted by Crippen LogP contribution is -2.39. The molecule has 0 radical (unpaired) electrons. The van der Waals surface area contributed by atoms with Gasteiger partial charge in [0, 0.05) is 34.8 Å². The molecule has 0 unspecified atom stereocenters. The Morgan fingerprint density at radius 1 is 1.15 bits per heavy atom. The summed E-state index contributed by atoms with van der Waals surface area (Å²) in [4.78, 5) is 0. The Morgan fingerprint density at radius 2 is 1.80 bits per heavy atom. The number of hydrogen-bond donors (Lipinski definition) is 1. The average Bonchev–Trinajstić information content (AvgIpc) is 2.69. The number of hydrogen-bond acceptors (Lipinski definition) is 3. The SMILES string of the molecule is Cc1cc(C)c(CN2[C@H]3CCCC[C@@H]3NN2Br)c(C)c1. The van der Waals surface area contributed by atoms with Crippen LogP contribution in [0.2, 0.25) is 0 Å². The van der Waals surface area contributed by atoms with Crippen LogP contribution >= 0.6 is 16.1 Å². The zero-order chi connectivity index (χ0) is 14.3. The van der Waals surface area contributed by atoms with Gasteiger partial charge in [0.05, 0.1) is 0 Å². The van der Waals surface area contributed by atoms with E-state index >= 15 is 0 Å². The van der Waals surface area contributed by atoms with E-state index in [0.717, 1.165) is 6.54 Å². The van der Waals surface area contributed by atoms with Gasteiger partial charge in [-0.2, -0.15) is 0 Å². The molecular weight excluding hydrogens is 314 g/mol. The van der Waals surface area contributed by atoms with Crippen LogP contribution in [-0.4, -0.2) is 21.2 Å². The molecule has 3 rings (SSSR count). The first-order valence-corrected chi connectivity index (χ1v) is 8.32. The average molecular weight is 338 g/mol. The number of nitrogens with one attached hydrogen (secondary N) is 1. The third-order valence-electron chi connectivity index (χ3n) is 4.77. The van der Waals surface area contributed by atoms with E-state index in [1.54, 1.807) is 0 Å². The van der Waals surface area contributed by atoms with E-state index in [4.69, 9.17) is 0 Å². The maximum Gasteiger partial charge on any atom is 0.0476 e. The Balaban J connectivity index is 1.83. The minimum atomic E-state index is 0.606. The third-order valence-corrected chi connectivity index (χ3v) is 5.38. The van der Waals surface area contributed by atoms with E-state index < -0.39 is 0 Å². The van der Waals surface area contributed by atoms with Gasteiger partial charge in [-0.15, -0.1) is 4.14 Å². The molecule has 1 heterocycles. The van der Waals surface area contributed by atoms with Crippen LogP contribution in [-0.2, 0) is 6.54 Å².